The highest BCUT2D eigenvalue weighted by atomic mass is 35.5. The van der Waals surface area contributed by atoms with Gasteiger partial charge in [-0.3, -0.25) is 0 Å². The number of carbonyl (C=O) groups excluding carboxylic acids is 1. The smallest absolute Gasteiger partial charge is 0.338 e. The molecule has 144 valence electrons. The summed E-state index contributed by atoms with van der Waals surface area (Å²) in [5.41, 5.74) is 0.196. The summed E-state index contributed by atoms with van der Waals surface area (Å²) in [5, 5.41) is 0.609. The third kappa shape index (κ3) is 5.00. The summed E-state index contributed by atoms with van der Waals surface area (Å²) >= 11 is 5.80. The number of nitrogens with zero attached hydrogens (tertiary/aromatic N) is 1. The van der Waals surface area contributed by atoms with Crippen LogP contribution in [-0.2, 0) is 14.8 Å². The van der Waals surface area contributed by atoms with E-state index < -0.39 is 16.0 Å². The first-order valence-electron chi connectivity index (χ1n) is 8.62. The summed E-state index contributed by atoms with van der Waals surface area (Å²) in [7, 11) is -3.57. The third-order valence-corrected chi connectivity index (χ3v) is 6.32. The Bertz CT molecular complexity index is 893. The Labute approximate surface area is 163 Å². The Kier molecular flexibility index (Phi) is 6.36. The van der Waals surface area contributed by atoms with Gasteiger partial charge in [-0.25, -0.2) is 13.2 Å². The lowest BCUT2D eigenvalue weighted by molar-refractivity contribution is 0.0450. The van der Waals surface area contributed by atoms with Crippen molar-refractivity contribution in [3.63, 3.8) is 0 Å². The number of benzene rings is 2. The molecule has 0 amide bonds. The second kappa shape index (κ2) is 8.73. The Morgan fingerprint density at radius 1 is 1.04 bits per heavy atom. The maximum absolute atomic E-state index is 12.6. The van der Waals surface area contributed by atoms with Crippen LogP contribution in [0.3, 0.4) is 0 Å². The van der Waals surface area contributed by atoms with Gasteiger partial charge in [0, 0.05) is 18.1 Å². The molecule has 0 aromatic heterocycles. The van der Waals surface area contributed by atoms with Crippen molar-refractivity contribution >= 4 is 27.6 Å². The lowest BCUT2D eigenvalue weighted by Crippen LogP contribution is -2.28. The van der Waals surface area contributed by atoms with Gasteiger partial charge in [0.05, 0.1) is 10.5 Å². The Morgan fingerprint density at radius 2 is 1.74 bits per heavy atom. The maximum Gasteiger partial charge on any atom is 0.338 e. The van der Waals surface area contributed by atoms with Gasteiger partial charge in [-0.1, -0.05) is 17.7 Å². The number of sulfonamides is 1. The molecule has 0 radical (unpaired) electrons. The highest BCUT2D eigenvalue weighted by Crippen LogP contribution is 2.22. The normalized spacial score (nSPS) is 14.9. The van der Waals surface area contributed by atoms with E-state index in [4.69, 9.17) is 21.1 Å². The standard InChI is InChI=1S/C19H20ClNO5S/c20-16-6-8-17(9-7-16)25-12-13-26-19(22)15-4-3-5-18(14-15)27(23,24)21-10-1-2-11-21/h3-9,14H,1-2,10-13H2. The van der Waals surface area contributed by atoms with Crippen molar-refractivity contribution in [2.75, 3.05) is 26.3 Å². The fourth-order valence-corrected chi connectivity index (χ4v) is 4.46. The third-order valence-electron chi connectivity index (χ3n) is 4.17. The molecule has 1 heterocycles. The minimum atomic E-state index is -3.57. The zero-order valence-corrected chi connectivity index (χ0v) is 16.2. The van der Waals surface area contributed by atoms with E-state index >= 15 is 0 Å². The molecule has 0 saturated carbocycles. The quantitative estimate of drug-likeness (QED) is 0.518. The molecule has 27 heavy (non-hydrogen) atoms. The molecule has 1 aliphatic heterocycles. The van der Waals surface area contributed by atoms with Crippen LogP contribution in [0.1, 0.15) is 23.2 Å². The fraction of sp³-hybridized carbons (Fsp3) is 0.316. The van der Waals surface area contributed by atoms with Gasteiger partial charge < -0.3 is 9.47 Å². The molecule has 2 aromatic carbocycles. The molecule has 2 aromatic rings. The van der Waals surface area contributed by atoms with Gasteiger partial charge in [0.15, 0.2) is 0 Å². The second-order valence-corrected chi connectivity index (χ2v) is 8.45. The number of hydrogen-bond donors (Lipinski definition) is 0. The zero-order chi connectivity index (χ0) is 19.3. The van der Waals surface area contributed by atoms with Gasteiger partial charge >= 0.3 is 5.97 Å². The Morgan fingerprint density at radius 3 is 2.44 bits per heavy atom. The topological polar surface area (TPSA) is 72.9 Å². The van der Waals surface area contributed by atoms with Crippen LogP contribution in [0.5, 0.6) is 5.75 Å². The maximum atomic E-state index is 12.6. The summed E-state index contributed by atoms with van der Waals surface area (Å²) in [4.78, 5) is 12.3. The average Bonchev–Trinajstić information content (AvgIpc) is 3.22. The molecule has 6 nitrogen and oxygen atoms in total. The van der Waals surface area contributed by atoms with Gasteiger partial charge in [-0.05, 0) is 55.3 Å². The molecule has 0 N–H and O–H groups in total. The molecule has 0 bridgehead atoms. The number of esters is 1. The van der Waals surface area contributed by atoms with Gasteiger partial charge in [0.2, 0.25) is 10.0 Å². The van der Waals surface area contributed by atoms with E-state index in [0.717, 1.165) is 12.8 Å². The second-order valence-electron chi connectivity index (χ2n) is 6.08. The molecular weight excluding hydrogens is 390 g/mol. The monoisotopic (exact) mass is 409 g/mol. The van der Waals surface area contributed by atoms with Crippen LogP contribution in [0.15, 0.2) is 53.4 Å². The SMILES string of the molecule is O=C(OCCOc1ccc(Cl)cc1)c1cccc(S(=O)(=O)N2CCCC2)c1. The molecule has 0 aliphatic carbocycles. The molecule has 1 fully saturated rings. The van der Waals surface area contributed by atoms with Crippen LogP contribution >= 0.6 is 11.6 Å². The van der Waals surface area contributed by atoms with Crippen molar-refractivity contribution in [3.8, 4) is 5.75 Å². The predicted octanol–water partition coefficient (Wildman–Crippen LogP) is 3.36. The van der Waals surface area contributed by atoms with E-state index in [-0.39, 0.29) is 23.7 Å². The van der Waals surface area contributed by atoms with Crippen molar-refractivity contribution in [1.82, 2.24) is 4.31 Å². The lowest BCUT2D eigenvalue weighted by Gasteiger charge is -2.15. The van der Waals surface area contributed by atoms with Crippen LogP contribution in [0, 0.1) is 0 Å². The van der Waals surface area contributed by atoms with E-state index in [1.807, 2.05) is 0 Å². The van der Waals surface area contributed by atoms with Crippen LogP contribution < -0.4 is 4.74 Å². The van der Waals surface area contributed by atoms with Crippen molar-refractivity contribution < 1.29 is 22.7 Å². The number of halogens is 1. The summed E-state index contributed by atoms with van der Waals surface area (Å²) in [6, 6.07) is 12.8. The molecular formula is C19H20ClNO5S. The van der Waals surface area contributed by atoms with Crippen LogP contribution in [-0.4, -0.2) is 45.0 Å². The first-order chi connectivity index (χ1) is 13.0. The van der Waals surface area contributed by atoms with E-state index in [0.29, 0.717) is 23.9 Å². The van der Waals surface area contributed by atoms with Gasteiger partial charge in [-0.2, -0.15) is 4.31 Å². The zero-order valence-electron chi connectivity index (χ0n) is 14.6. The van der Waals surface area contributed by atoms with E-state index in [9.17, 15) is 13.2 Å². The molecule has 3 rings (SSSR count). The van der Waals surface area contributed by atoms with Crippen LogP contribution in [0.25, 0.3) is 0 Å². The summed E-state index contributed by atoms with van der Waals surface area (Å²) in [6.45, 7) is 1.25. The Hall–Kier alpha value is -2.09. The number of ether oxygens (including phenoxy) is 2. The highest BCUT2D eigenvalue weighted by Gasteiger charge is 2.27. The minimum Gasteiger partial charge on any atom is -0.490 e. The van der Waals surface area contributed by atoms with Gasteiger partial charge in [-0.15, -0.1) is 0 Å². The summed E-state index contributed by atoms with van der Waals surface area (Å²) in [5.74, 6) is 0.0299. The first kappa shape index (κ1) is 19.7. The van der Waals surface area contributed by atoms with Gasteiger partial charge in [0.1, 0.15) is 19.0 Å². The van der Waals surface area contributed by atoms with E-state index in [1.54, 1.807) is 30.3 Å². The number of rotatable bonds is 7. The lowest BCUT2D eigenvalue weighted by atomic mass is 10.2. The number of carbonyl (C=O) groups is 1. The highest BCUT2D eigenvalue weighted by molar-refractivity contribution is 7.89. The molecule has 1 saturated heterocycles. The van der Waals surface area contributed by atoms with E-state index in [1.165, 1.54) is 22.5 Å². The van der Waals surface area contributed by atoms with Gasteiger partial charge in [0.25, 0.3) is 0 Å². The molecule has 0 unspecified atom stereocenters. The van der Waals surface area contributed by atoms with Crippen molar-refractivity contribution in [2.24, 2.45) is 0 Å². The minimum absolute atomic E-state index is 0.0462. The summed E-state index contributed by atoms with van der Waals surface area (Å²) in [6.07, 6.45) is 1.71. The summed E-state index contributed by atoms with van der Waals surface area (Å²) < 4.78 is 37.3. The average molecular weight is 410 g/mol. The van der Waals surface area contributed by atoms with Crippen LogP contribution in [0.4, 0.5) is 0 Å². The fourth-order valence-electron chi connectivity index (χ4n) is 2.77. The first-order valence-corrected chi connectivity index (χ1v) is 10.4. The molecule has 8 heteroatoms. The van der Waals surface area contributed by atoms with Crippen molar-refractivity contribution in [1.29, 1.82) is 0 Å². The molecule has 1 aliphatic rings. The Balaban J connectivity index is 1.56. The van der Waals surface area contributed by atoms with Crippen molar-refractivity contribution in [3.05, 3.63) is 59.1 Å². The largest absolute Gasteiger partial charge is 0.490 e. The molecule has 0 spiro atoms. The number of hydrogen-bond acceptors (Lipinski definition) is 5. The van der Waals surface area contributed by atoms with Crippen molar-refractivity contribution in [2.45, 2.75) is 17.7 Å². The predicted molar refractivity (Wildman–Crippen MR) is 102 cm³/mol. The van der Waals surface area contributed by atoms with Crippen LogP contribution in [0.2, 0.25) is 5.02 Å². The molecule has 0 atom stereocenters. The van der Waals surface area contributed by atoms with E-state index in [2.05, 4.69) is 0 Å².